The number of halogens is 2. The number of rotatable bonds is 4. The lowest BCUT2D eigenvalue weighted by Crippen LogP contribution is -2.35. The first-order valence-electron chi connectivity index (χ1n) is 6.09. The Bertz CT molecular complexity index is 412. The van der Waals surface area contributed by atoms with Crippen molar-refractivity contribution in [1.82, 2.24) is 5.32 Å². The van der Waals surface area contributed by atoms with Gasteiger partial charge in [-0.15, -0.1) is 0 Å². The molecular formula is C13H17F2NO2. The predicted molar refractivity (Wildman–Crippen MR) is 63.8 cm³/mol. The topological polar surface area (TPSA) is 52.5 Å². The van der Waals surface area contributed by atoms with Gasteiger partial charge in [-0.1, -0.05) is 6.07 Å². The van der Waals surface area contributed by atoms with E-state index < -0.39 is 12.5 Å². The molecule has 0 bridgehead atoms. The van der Waals surface area contributed by atoms with Gasteiger partial charge < -0.3 is 15.5 Å². The normalized spacial score (nSPS) is 20.8. The zero-order chi connectivity index (χ0) is 13.1. The minimum Gasteiger partial charge on any atom is -0.508 e. The monoisotopic (exact) mass is 257 g/mol. The van der Waals surface area contributed by atoms with Crippen molar-refractivity contribution in [3.63, 3.8) is 0 Å². The fourth-order valence-electron chi connectivity index (χ4n) is 2.35. The molecule has 0 fully saturated rings. The lowest BCUT2D eigenvalue weighted by Gasteiger charge is -2.27. The number of nitrogens with one attached hydrogen (secondary N) is 1. The molecule has 0 spiro atoms. The molecule has 2 unspecified atom stereocenters. The summed E-state index contributed by atoms with van der Waals surface area (Å²) in [4.78, 5) is 0. The summed E-state index contributed by atoms with van der Waals surface area (Å²) in [5.74, 6) is 0.178. The quantitative estimate of drug-likeness (QED) is 0.773. The highest BCUT2D eigenvalue weighted by Crippen LogP contribution is 2.32. The lowest BCUT2D eigenvalue weighted by atomic mass is 9.87. The van der Waals surface area contributed by atoms with Crippen molar-refractivity contribution < 1.29 is 19.0 Å². The Balaban J connectivity index is 2.05. The highest BCUT2D eigenvalue weighted by atomic mass is 19.3. The van der Waals surface area contributed by atoms with E-state index >= 15 is 0 Å². The molecule has 2 atom stereocenters. The van der Waals surface area contributed by atoms with E-state index in [1.807, 2.05) is 6.07 Å². The molecule has 3 nitrogen and oxygen atoms in total. The van der Waals surface area contributed by atoms with Crippen LogP contribution in [0.2, 0.25) is 0 Å². The van der Waals surface area contributed by atoms with E-state index in [0.717, 1.165) is 30.4 Å². The summed E-state index contributed by atoms with van der Waals surface area (Å²) in [6.45, 7) is -0.141. The molecule has 0 radical (unpaired) electrons. The van der Waals surface area contributed by atoms with Gasteiger partial charge in [0.2, 0.25) is 0 Å². The number of aliphatic hydroxyl groups is 1. The Labute approximate surface area is 104 Å². The summed E-state index contributed by atoms with van der Waals surface area (Å²) in [5.41, 5.74) is 2.07. The van der Waals surface area contributed by atoms with E-state index in [0.29, 0.717) is 0 Å². The first-order valence-corrected chi connectivity index (χ1v) is 6.09. The molecule has 100 valence electrons. The number of fused-ring (bicyclic) bond motifs is 1. The molecule has 5 heteroatoms. The number of aryl methyl sites for hydroxylation is 1. The van der Waals surface area contributed by atoms with Crippen LogP contribution < -0.4 is 5.32 Å². The predicted octanol–water partition coefficient (Wildman–Crippen LogP) is 1.99. The van der Waals surface area contributed by atoms with Crippen LogP contribution in [0.15, 0.2) is 18.2 Å². The van der Waals surface area contributed by atoms with Crippen molar-refractivity contribution in [2.75, 3.05) is 6.54 Å². The average molecular weight is 257 g/mol. The van der Waals surface area contributed by atoms with Gasteiger partial charge >= 0.3 is 0 Å². The summed E-state index contributed by atoms with van der Waals surface area (Å²) in [5, 5.41) is 21.5. The van der Waals surface area contributed by atoms with Crippen LogP contribution in [0.4, 0.5) is 8.78 Å². The van der Waals surface area contributed by atoms with E-state index in [1.54, 1.807) is 12.1 Å². The van der Waals surface area contributed by atoms with Crippen molar-refractivity contribution in [3.8, 4) is 5.75 Å². The fourth-order valence-corrected chi connectivity index (χ4v) is 2.35. The molecule has 0 saturated heterocycles. The molecule has 3 N–H and O–H groups in total. The fraction of sp³-hybridized carbons (Fsp3) is 0.538. The SMILES string of the molecule is Oc1ccc2c(c1)C(NCC(O)C(F)F)CCC2. The van der Waals surface area contributed by atoms with Crippen LogP contribution in [-0.4, -0.2) is 29.3 Å². The van der Waals surface area contributed by atoms with Crippen LogP contribution in [0.3, 0.4) is 0 Å². The maximum absolute atomic E-state index is 12.2. The van der Waals surface area contributed by atoms with Crippen molar-refractivity contribution in [2.24, 2.45) is 0 Å². The summed E-state index contributed by atoms with van der Waals surface area (Å²) in [6, 6.07) is 5.09. The molecule has 1 aromatic carbocycles. The number of phenols is 1. The van der Waals surface area contributed by atoms with Gasteiger partial charge in [-0.25, -0.2) is 8.78 Å². The molecule has 0 heterocycles. The molecule has 18 heavy (non-hydrogen) atoms. The molecule has 0 aliphatic heterocycles. The maximum Gasteiger partial charge on any atom is 0.265 e. The van der Waals surface area contributed by atoms with Crippen LogP contribution in [0, 0.1) is 0 Å². The zero-order valence-electron chi connectivity index (χ0n) is 9.94. The highest BCUT2D eigenvalue weighted by Gasteiger charge is 2.23. The van der Waals surface area contributed by atoms with E-state index in [-0.39, 0.29) is 18.3 Å². The van der Waals surface area contributed by atoms with Gasteiger partial charge in [-0.05, 0) is 42.5 Å². The van der Waals surface area contributed by atoms with Gasteiger partial charge in [-0.2, -0.15) is 0 Å². The average Bonchev–Trinajstić information content (AvgIpc) is 2.35. The Morgan fingerprint density at radius 2 is 2.17 bits per heavy atom. The van der Waals surface area contributed by atoms with Crippen LogP contribution in [-0.2, 0) is 6.42 Å². The first-order chi connectivity index (χ1) is 8.58. The summed E-state index contributed by atoms with van der Waals surface area (Å²) < 4.78 is 24.4. The summed E-state index contributed by atoms with van der Waals surface area (Å²) in [7, 11) is 0. The number of benzene rings is 1. The standard InChI is InChI=1S/C13H17F2NO2/c14-13(15)12(18)7-16-11-3-1-2-8-4-5-9(17)6-10(8)11/h4-6,11-13,16-18H,1-3,7H2. The van der Waals surface area contributed by atoms with Crippen molar-refractivity contribution in [2.45, 2.75) is 37.8 Å². The molecule has 0 amide bonds. The van der Waals surface area contributed by atoms with Gasteiger partial charge in [0.15, 0.2) is 0 Å². The molecule has 1 aliphatic carbocycles. The van der Waals surface area contributed by atoms with Gasteiger partial charge in [0.05, 0.1) is 0 Å². The molecule has 0 saturated carbocycles. The minimum absolute atomic E-state index is 0.0748. The lowest BCUT2D eigenvalue weighted by molar-refractivity contribution is -0.00490. The maximum atomic E-state index is 12.2. The zero-order valence-corrected chi connectivity index (χ0v) is 9.94. The third kappa shape index (κ3) is 2.97. The van der Waals surface area contributed by atoms with E-state index in [9.17, 15) is 13.9 Å². The minimum atomic E-state index is -2.73. The van der Waals surface area contributed by atoms with Crippen LogP contribution >= 0.6 is 0 Å². The van der Waals surface area contributed by atoms with Gasteiger partial charge in [0.25, 0.3) is 6.43 Å². The molecular weight excluding hydrogens is 240 g/mol. The van der Waals surface area contributed by atoms with Crippen molar-refractivity contribution >= 4 is 0 Å². The first kappa shape index (κ1) is 13.2. The van der Waals surface area contributed by atoms with E-state index in [4.69, 9.17) is 5.11 Å². The van der Waals surface area contributed by atoms with Crippen molar-refractivity contribution in [3.05, 3.63) is 29.3 Å². The third-order valence-corrected chi connectivity index (χ3v) is 3.31. The summed E-state index contributed by atoms with van der Waals surface area (Å²) in [6.07, 6.45) is -1.64. The van der Waals surface area contributed by atoms with Crippen LogP contribution in [0.5, 0.6) is 5.75 Å². The number of hydrogen-bond acceptors (Lipinski definition) is 3. The second kappa shape index (κ2) is 5.63. The van der Waals surface area contributed by atoms with E-state index in [1.165, 1.54) is 0 Å². The largest absolute Gasteiger partial charge is 0.508 e. The Morgan fingerprint density at radius 3 is 2.89 bits per heavy atom. The number of aliphatic hydroxyl groups excluding tert-OH is 1. The Morgan fingerprint density at radius 1 is 1.39 bits per heavy atom. The molecule has 1 aliphatic rings. The van der Waals surface area contributed by atoms with Crippen LogP contribution in [0.25, 0.3) is 0 Å². The second-order valence-electron chi connectivity index (χ2n) is 4.64. The number of alkyl halides is 2. The number of phenolic OH excluding ortho intramolecular Hbond substituents is 1. The molecule has 1 aromatic rings. The highest BCUT2D eigenvalue weighted by molar-refractivity contribution is 5.38. The smallest absolute Gasteiger partial charge is 0.265 e. The Kier molecular flexibility index (Phi) is 4.14. The van der Waals surface area contributed by atoms with Gasteiger partial charge in [0.1, 0.15) is 11.9 Å². The van der Waals surface area contributed by atoms with Crippen LogP contribution in [0.1, 0.15) is 30.0 Å². The third-order valence-electron chi connectivity index (χ3n) is 3.31. The molecule has 2 rings (SSSR count). The molecule has 0 aromatic heterocycles. The Hall–Kier alpha value is -1.20. The van der Waals surface area contributed by atoms with Gasteiger partial charge in [-0.3, -0.25) is 0 Å². The van der Waals surface area contributed by atoms with Crippen molar-refractivity contribution in [1.29, 1.82) is 0 Å². The number of hydrogen-bond donors (Lipinski definition) is 3. The van der Waals surface area contributed by atoms with Gasteiger partial charge in [0, 0.05) is 12.6 Å². The number of aromatic hydroxyl groups is 1. The second-order valence-corrected chi connectivity index (χ2v) is 4.64. The van der Waals surface area contributed by atoms with E-state index in [2.05, 4.69) is 5.32 Å². The summed E-state index contributed by atoms with van der Waals surface area (Å²) >= 11 is 0.